The van der Waals surface area contributed by atoms with Crippen molar-refractivity contribution >= 4 is 40.1 Å². The van der Waals surface area contributed by atoms with Gasteiger partial charge in [0.15, 0.2) is 5.76 Å². The molecule has 0 bridgehead atoms. The van der Waals surface area contributed by atoms with Crippen molar-refractivity contribution in [3.8, 4) is 11.5 Å². The molecule has 6 nitrogen and oxygen atoms in total. The smallest absolute Gasteiger partial charge is 0.287 e. The maximum Gasteiger partial charge on any atom is 0.287 e. The molecular weight excluding hydrogens is 449 g/mol. The van der Waals surface area contributed by atoms with E-state index < -0.39 is 0 Å². The van der Waals surface area contributed by atoms with E-state index in [1.807, 2.05) is 12.1 Å². The van der Waals surface area contributed by atoms with Crippen LogP contribution in [0.1, 0.15) is 48.0 Å². The zero-order chi connectivity index (χ0) is 22.1. The fourth-order valence-corrected chi connectivity index (χ4v) is 4.48. The fraction of sp³-hybridized carbons (Fsp3) is 0.292. The monoisotopic (exact) mass is 469 g/mol. The molecule has 32 heavy (non-hydrogen) atoms. The van der Waals surface area contributed by atoms with Gasteiger partial charge in [0.05, 0.1) is 0 Å². The first-order valence-electron chi connectivity index (χ1n) is 10.6. The van der Waals surface area contributed by atoms with Crippen molar-refractivity contribution < 1.29 is 13.6 Å². The SMILES string of the molecule is O=C(NCC1CCC(c2nnc(-c3ccc(Cl)cc3)o2)CC1)c1cc2cc(Cl)ccc2o1. The molecule has 1 fully saturated rings. The molecule has 1 amide bonds. The standard InChI is InChI=1S/C24H21Cl2N3O3/c25-18-7-5-16(6-8-18)24-29-28-23(32-24)15-3-1-14(2-4-15)13-27-22(30)21-12-17-11-19(26)9-10-20(17)31-21/h5-12,14-15H,1-4,13H2,(H,27,30). The minimum atomic E-state index is -0.205. The lowest BCUT2D eigenvalue weighted by atomic mass is 9.82. The van der Waals surface area contributed by atoms with Crippen LogP contribution in [0, 0.1) is 5.92 Å². The van der Waals surface area contributed by atoms with Crippen molar-refractivity contribution in [2.75, 3.05) is 6.54 Å². The van der Waals surface area contributed by atoms with Gasteiger partial charge in [-0.1, -0.05) is 23.2 Å². The molecule has 0 atom stereocenters. The van der Waals surface area contributed by atoms with Gasteiger partial charge in [-0.25, -0.2) is 0 Å². The molecule has 5 rings (SSSR count). The van der Waals surface area contributed by atoms with Crippen molar-refractivity contribution in [3.63, 3.8) is 0 Å². The molecule has 0 saturated heterocycles. The van der Waals surface area contributed by atoms with E-state index in [1.165, 1.54) is 0 Å². The van der Waals surface area contributed by atoms with Gasteiger partial charge in [0.2, 0.25) is 11.8 Å². The quantitative estimate of drug-likeness (QED) is 0.360. The average Bonchev–Trinajstić information content (AvgIpc) is 3.46. The first-order chi connectivity index (χ1) is 15.5. The number of hydrogen-bond acceptors (Lipinski definition) is 5. The molecule has 0 aliphatic heterocycles. The predicted octanol–water partition coefficient (Wildman–Crippen LogP) is 6.49. The molecule has 4 aromatic rings. The number of halogens is 2. The van der Waals surface area contributed by atoms with E-state index in [0.29, 0.717) is 45.6 Å². The summed E-state index contributed by atoms with van der Waals surface area (Å²) in [5.74, 6) is 1.94. The maximum atomic E-state index is 12.5. The van der Waals surface area contributed by atoms with Crippen LogP contribution >= 0.6 is 23.2 Å². The minimum Gasteiger partial charge on any atom is -0.451 e. The van der Waals surface area contributed by atoms with E-state index in [2.05, 4.69) is 15.5 Å². The molecule has 8 heteroatoms. The van der Waals surface area contributed by atoms with Gasteiger partial charge in [-0.15, -0.1) is 10.2 Å². The van der Waals surface area contributed by atoms with Crippen LogP contribution in [0.4, 0.5) is 0 Å². The summed E-state index contributed by atoms with van der Waals surface area (Å²) in [4.78, 5) is 12.5. The van der Waals surface area contributed by atoms with Crippen LogP contribution in [-0.4, -0.2) is 22.6 Å². The third kappa shape index (κ3) is 4.52. The van der Waals surface area contributed by atoms with Crippen molar-refractivity contribution in [3.05, 3.63) is 70.2 Å². The van der Waals surface area contributed by atoms with Crippen LogP contribution in [0.15, 0.2) is 57.4 Å². The van der Waals surface area contributed by atoms with Crippen LogP contribution < -0.4 is 5.32 Å². The van der Waals surface area contributed by atoms with Crippen LogP contribution in [-0.2, 0) is 0 Å². The Morgan fingerprint density at radius 3 is 2.47 bits per heavy atom. The van der Waals surface area contributed by atoms with Gasteiger partial charge in [-0.2, -0.15) is 0 Å². The topological polar surface area (TPSA) is 81.2 Å². The van der Waals surface area contributed by atoms with E-state index in [-0.39, 0.29) is 11.8 Å². The van der Waals surface area contributed by atoms with E-state index in [4.69, 9.17) is 32.0 Å². The Labute approximate surface area is 194 Å². The number of nitrogens with zero attached hydrogens (tertiary/aromatic N) is 2. The maximum absolute atomic E-state index is 12.5. The highest BCUT2D eigenvalue weighted by atomic mass is 35.5. The summed E-state index contributed by atoms with van der Waals surface area (Å²) < 4.78 is 11.6. The predicted molar refractivity (Wildman–Crippen MR) is 123 cm³/mol. The zero-order valence-electron chi connectivity index (χ0n) is 17.2. The Kier molecular flexibility index (Phi) is 5.89. The summed E-state index contributed by atoms with van der Waals surface area (Å²) in [6.45, 7) is 0.614. The van der Waals surface area contributed by atoms with Crippen molar-refractivity contribution in [1.29, 1.82) is 0 Å². The number of aromatic nitrogens is 2. The summed E-state index contributed by atoms with van der Waals surface area (Å²) in [5, 5.41) is 13.6. The Hall–Kier alpha value is -2.83. The fourth-order valence-electron chi connectivity index (χ4n) is 4.17. The van der Waals surface area contributed by atoms with Crippen molar-refractivity contribution in [1.82, 2.24) is 15.5 Å². The van der Waals surface area contributed by atoms with Gasteiger partial charge in [0.1, 0.15) is 5.58 Å². The van der Waals surface area contributed by atoms with Crippen LogP contribution in [0.2, 0.25) is 10.0 Å². The summed E-state index contributed by atoms with van der Waals surface area (Å²) in [5.41, 5.74) is 1.51. The zero-order valence-corrected chi connectivity index (χ0v) is 18.7. The molecule has 164 valence electrons. The molecular formula is C24H21Cl2N3O3. The van der Waals surface area contributed by atoms with E-state index in [0.717, 1.165) is 36.6 Å². The Morgan fingerprint density at radius 2 is 1.69 bits per heavy atom. The number of nitrogens with one attached hydrogen (secondary N) is 1. The first-order valence-corrected chi connectivity index (χ1v) is 11.4. The highest BCUT2D eigenvalue weighted by Gasteiger charge is 2.27. The van der Waals surface area contributed by atoms with Gasteiger partial charge >= 0.3 is 0 Å². The van der Waals surface area contributed by atoms with Gasteiger partial charge in [0, 0.05) is 33.5 Å². The lowest BCUT2D eigenvalue weighted by molar-refractivity contribution is 0.0916. The number of carbonyl (C=O) groups excluding carboxylic acids is 1. The molecule has 1 aliphatic rings. The number of carbonyl (C=O) groups is 1. The lowest BCUT2D eigenvalue weighted by Gasteiger charge is -2.26. The third-order valence-corrected chi connectivity index (χ3v) is 6.47. The van der Waals surface area contributed by atoms with E-state index in [1.54, 1.807) is 36.4 Å². The second-order valence-electron chi connectivity index (χ2n) is 8.17. The molecule has 0 unspecified atom stereocenters. The van der Waals surface area contributed by atoms with Gasteiger partial charge in [-0.05, 0) is 80.1 Å². The molecule has 1 saturated carbocycles. The highest BCUT2D eigenvalue weighted by molar-refractivity contribution is 6.31. The number of furan rings is 1. The summed E-state index contributed by atoms with van der Waals surface area (Å²) in [6, 6.07) is 14.4. The Morgan fingerprint density at radius 1 is 0.938 bits per heavy atom. The van der Waals surface area contributed by atoms with E-state index in [9.17, 15) is 4.79 Å². The van der Waals surface area contributed by atoms with Gasteiger partial charge < -0.3 is 14.2 Å². The van der Waals surface area contributed by atoms with E-state index >= 15 is 0 Å². The second-order valence-corrected chi connectivity index (χ2v) is 9.05. The molecule has 2 heterocycles. The number of fused-ring (bicyclic) bond motifs is 1. The van der Waals surface area contributed by atoms with Gasteiger partial charge in [-0.3, -0.25) is 4.79 Å². The molecule has 0 radical (unpaired) electrons. The second kappa shape index (κ2) is 8.96. The molecule has 1 aliphatic carbocycles. The minimum absolute atomic E-state index is 0.205. The summed E-state index contributed by atoms with van der Waals surface area (Å²) in [6.07, 6.45) is 3.87. The van der Waals surface area contributed by atoms with Crippen molar-refractivity contribution in [2.45, 2.75) is 31.6 Å². The largest absolute Gasteiger partial charge is 0.451 e. The number of rotatable bonds is 5. The molecule has 1 N–H and O–H groups in total. The number of hydrogen-bond donors (Lipinski definition) is 1. The molecule has 0 spiro atoms. The number of benzene rings is 2. The van der Waals surface area contributed by atoms with Gasteiger partial charge in [0.25, 0.3) is 5.91 Å². The number of amides is 1. The Bertz CT molecular complexity index is 1240. The Balaban J connectivity index is 1.14. The summed E-state index contributed by atoms with van der Waals surface area (Å²) >= 11 is 11.9. The van der Waals surface area contributed by atoms with Crippen LogP contribution in [0.3, 0.4) is 0 Å². The van der Waals surface area contributed by atoms with Crippen LogP contribution in [0.5, 0.6) is 0 Å². The average molecular weight is 470 g/mol. The molecule has 2 aromatic carbocycles. The third-order valence-electron chi connectivity index (χ3n) is 5.98. The van der Waals surface area contributed by atoms with Crippen molar-refractivity contribution in [2.24, 2.45) is 5.92 Å². The first kappa shape index (κ1) is 21.0. The summed E-state index contributed by atoms with van der Waals surface area (Å²) in [7, 11) is 0. The lowest BCUT2D eigenvalue weighted by Crippen LogP contribution is -2.30. The highest BCUT2D eigenvalue weighted by Crippen LogP contribution is 2.36. The van der Waals surface area contributed by atoms with Crippen LogP contribution in [0.25, 0.3) is 22.4 Å². The molecule has 2 aromatic heterocycles. The normalized spacial score (nSPS) is 18.7.